The number of hydrogen-bond donors (Lipinski definition) is 1. The molecular weight excluding hydrogens is 350 g/mol. The second kappa shape index (κ2) is 7.70. The van der Waals surface area contributed by atoms with Crippen LogP contribution in [0.5, 0.6) is 0 Å². The molecule has 28 heavy (non-hydrogen) atoms. The Labute approximate surface area is 167 Å². The fraction of sp³-hybridized carbons (Fsp3) is 0.565. The van der Waals surface area contributed by atoms with Gasteiger partial charge >= 0.3 is 0 Å². The average Bonchev–Trinajstić information content (AvgIpc) is 3.09. The lowest BCUT2D eigenvalue weighted by Gasteiger charge is -2.52. The third kappa shape index (κ3) is 3.26. The highest BCUT2D eigenvalue weighted by atomic mass is 16.3. The Bertz CT molecular complexity index is 832. The van der Waals surface area contributed by atoms with Crippen LogP contribution in [0.15, 0.2) is 36.4 Å². The Balaban J connectivity index is 1.63. The van der Waals surface area contributed by atoms with Crippen LogP contribution in [0.3, 0.4) is 0 Å². The average molecular weight is 382 g/mol. The second-order valence-corrected chi connectivity index (χ2v) is 8.39. The number of aryl methyl sites for hydroxylation is 2. The van der Waals surface area contributed by atoms with Crippen LogP contribution >= 0.6 is 0 Å². The second-order valence-electron chi connectivity index (χ2n) is 8.39. The van der Waals surface area contributed by atoms with Crippen molar-refractivity contribution in [2.45, 2.75) is 63.5 Å². The van der Waals surface area contributed by atoms with Crippen molar-refractivity contribution < 1.29 is 9.90 Å². The van der Waals surface area contributed by atoms with Gasteiger partial charge in [0, 0.05) is 25.6 Å². The van der Waals surface area contributed by atoms with Crippen molar-refractivity contribution in [2.75, 3.05) is 6.54 Å². The van der Waals surface area contributed by atoms with Crippen molar-refractivity contribution in [1.29, 1.82) is 0 Å². The molecular formula is C23H31N3O2. The Morgan fingerprint density at radius 2 is 2.00 bits per heavy atom. The molecule has 1 saturated heterocycles. The first-order valence-corrected chi connectivity index (χ1v) is 10.7. The summed E-state index contributed by atoms with van der Waals surface area (Å²) in [6.07, 6.45) is 6.65. The van der Waals surface area contributed by atoms with E-state index in [1.54, 1.807) is 4.68 Å². The number of carbonyl (C=O) groups is 1. The number of piperidine rings is 1. The Morgan fingerprint density at radius 1 is 1.25 bits per heavy atom. The zero-order valence-corrected chi connectivity index (χ0v) is 17.0. The highest BCUT2D eigenvalue weighted by Crippen LogP contribution is 2.47. The molecule has 2 heterocycles. The minimum Gasteiger partial charge on any atom is -0.385 e. The van der Waals surface area contributed by atoms with Gasteiger partial charge in [-0.1, -0.05) is 56.5 Å². The van der Waals surface area contributed by atoms with Gasteiger partial charge in [-0.25, -0.2) is 0 Å². The molecule has 2 fully saturated rings. The van der Waals surface area contributed by atoms with Gasteiger partial charge in [0.2, 0.25) is 0 Å². The molecule has 1 aromatic carbocycles. The molecule has 1 saturated carbocycles. The minimum atomic E-state index is -0.844. The lowest BCUT2D eigenvalue weighted by Crippen LogP contribution is -2.59. The van der Waals surface area contributed by atoms with Crippen molar-refractivity contribution in [3.63, 3.8) is 0 Å². The maximum Gasteiger partial charge on any atom is 0.272 e. The number of rotatable bonds is 4. The highest BCUT2D eigenvalue weighted by molar-refractivity contribution is 5.93. The Morgan fingerprint density at radius 3 is 2.75 bits per heavy atom. The summed E-state index contributed by atoms with van der Waals surface area (Å²) in [7, 11) is 1.86. The predicted octanol–water partition coefficient (Wildman–Crippen LogP) is 3.67. The summed E-state index contributed by atoms with van der Waals surface area (Å²) in [6, 6.07) is 12.1. The molecule has 2 aliphatic rings. The minimum absolute atomic E-state index is 0.0596. The predicted molar refractivity (Wildman–Crippen MR) is 109 cm³/mol. The third-order valence-corrected chi connectivity index (χ3v) is 6.67. The number of benzene rings is 1. The number of aromatic nitrogens is 2. The van der Waals surface area contributed by atoms with Gasteiger partial charge in [-0.15, -0.1) is 0 Å². The van der Waals surface area contributed by atoms with E-state index in [0.29, 0.717) is 18.7 Å². The van der Waals surface area contributed by atoms with Crippen molar-refractivity contribution in [3.05, 3.63) is 53.3 Å². The van der Waals surface area contributed by atoms with Gasteiger partial charge in [0.1, 0.15) is 5.69 Å². The molecule has 1 aliphatic carbocycles. The molecule has 1 amide bonds. The number of nitrogens with zero attached hydrogens (tertiary/aromatic N) is 3. The van der Waals surface area contributed by atoms with Gasteiger partial charge in [0.05, 0.1) is 11.3 Å². The lowest BCUT2D eigenvalue weighted by atomic mass is 9.66. The van der Waals surface area contributed by atoms with E-state index in [2.05, 4.69) is 12.0 Å². The zero-order valence-electron chi connectivity index (χ0n) is 17.0. The van der Waals surface area contributed by atoms with Crippen molar-refractivity contribution in [3.8, 4) is 0 Å². The van der Waals surface area contributed by atoms with Crippen LogP contribution in [-0.4, -0.2) is 38.3 Å². The summed E-state index contributed by atoms with van der Waals surface area (Å²) in [4.78, 5) is 15.4. The summed E-state index contributed by atoms with van der Waals surface area (Å²) in [6.45, 7) is 2.71. The normalized spacial score (nSPS) is 27.5. The van der Waals surface area contributed by atoms with E-state index in [-0.39, 0.29) is 17.9 Å². The maximum atomic E-state index is 13.4. The molecule has 1 aromatic heterocycles. The summed E-state index contributed by atoms with van der Waals surface area (Å²) in [5.74, 6) is 0.147. The van der Waals surface area contributed by atoms with Crippen LogP contribution in [0.2, 0.25) is 0 Å². The van der Waals surface area contributed by atoms with Gasteiger partial charge in [-0.3, -0.25) is 9.48 Å². The molecule has 4 rings (SSSR count). The first-order valence-electron chi connectivity index (χ1n) is 10.7. The fourth-order valence-electron chi connectivity index (χ4n) is 5.27. The van der Waals surface area contributed by atoms with E-state index in [4.69, 9.17) is 0 Å². The van der Waals surface area contributed by atoms with Gasteiger partial charge < -0.3 is 10.0 Å². The van der Waals surface area contributed by atoms with Gasteiger partial charge in [0.25, 0.3) is 5.91 Å². The molecule has 1 unspecified atom stereocenters. The van der Waals surface area contributed by atoms with E-state index in [1.165, 1.54) is 0 Å². The van der Waals surface area contributed by atoms with Crippen molar-refractivity contribution in [1.82, 2.24) is 14.7 Å². The summed E-state index contributed by atoms with van der Waals surface area (Å²) in [5, 5.41) is 16.2. The first kappa shape index (κ1) is 19.2. The quantitative estimate of drug-likeness (QED) is 0.879. The summed E-state index contributed by atoms with van der Waals surface area (Å²) in [5.41, 5.74) is 1.79. The van der Waals surface area contributed by atoms with Crippen molar-refractivity contribution in [2.24, 2.45) is 13.0 Å². The standard InChI is InChI=1S/C23H31N3O2/c1-3-9-18-16-21(25(2)24-18)22(27)26-15-14-23(28,17-10-5-4-6-11-17)19-12-7-8-13-20(19)26/h4-6,10-11,16,19-20,28H,3,7-9,12-15H2,1-2H3/t19-,20-,23?/m1/s1. The van der Waals surface area contributed by atoms with Crippen LogP contribution in [0.4, 0.5) is 0 Å². The monoisotopic (exact) mass is 381 g/mol. The third-order valence-electron chi connectivity index (χ3n) is 6.67. The van der Waals surface area contributed by atoms with Crippen LogP contribution in [0.25, 0.3) is 0 Å². The summed E-state index contributed by atoms with van der Waals surface area (Å²) >= 11 is 0. The topological polar surface area (TPSA) is 58.4 Å². The van der Waals surface area contributed by atoms with E-state index in [0.717, 1.165) is 49.8 Å². The number of fused-ring (bicyclic) bond motifs is 1. The number of carbonyl (C=O) groups excluding carboxylic acids is 1. The van der Waals surface area contributed by atoms with Crippen LogP contribution < -0.4 is 0 Å². The number of hydrogen-bond acceptors (Lipinski definition) is 3. The Hall–Kier alpha value is -2.14. The molecule has 0 bridgehead atoms. The van der Waals surface area contributed by atoms with Gasteiger partial charge in [-0.2, -0.15) is 5.10 Å². The Kier molecular flexibility index (Phi) is 5.28. The van der Waals surface area contributed by atoms with E-state index in [1.807, 2.05) is 48.3 Å². The van der Waals surface area contributed by atoms with Gasteiger partial charge in [0.15, 0.2) is 0 Å². The molecule has 1 aliphatic heterocycles. The SMILES string of the molecule is CCCc1cc(C(=O)N2CCC(O)(c3ccccc3)[C@@H]3CCCC[C@H]32)n(C)n1. The zero-order chi connectivity index (χ0) is 19.7. The lowest BCUT2D eigenvalue weighted by molar-refractivity contribution is -0.110. The van der Waals surface area contributed by atoms with Crippen LogP contribution in [0.1, 0.15) is 67.2 Å². The molecule has 150 valence electrons. The van der Waals surface area contributed by atoms with E-state index >= 15 is 0 Å². The first-order chi connectivity index (χ1) is 13.5. The molecule has 5 heteroatoms. The molecule has 0 spiro atoms. The summed E-state index contributed by atoms with van der Waals surface area (Å²) < 4.78 is 1.73. The van der Waals surface area contributed by atoms with Gasteiger partial charge in [-0.05, 0) is 37.3 Å². The smallest absolute Gasteiger partial charge is 0.272 e. The maximum absolute atomic E-state index is 13.4. The fourth-order valence-corrected chi connectivity index (χ4v) is 5.27. The number of likely N-dealkylation sites (tertiary alicyclic amines) is 1. The molecule has 3 atom stereocenters. The highest BCUT2D eigenvalue weighted by Gasteiger charge is 2.50. The van der Waals surface area contributed by atoms with E-state index in [9.17, 15) is 9.90 Å². The van der Waals surface area contributed by atoms with E-state index < -0.39 is 5.60 Å². The number of aliphatic hydroxyl groups is 1. The van der Waals surface area contributed by atoms with Crippen LogP contribution in [0, 0.1) is 5.92 Å². The molecule has 1 N–H and O–H groups in total. The molecule has 2 aromatic rings. The van der Waals surface area contributed by atoms with Crippen molar-refractivity contribution >= 4 is 5.91 Å². The molecule has 0 radical (unpaired) electrons. The van der Waals surface area contributed by atoms with Crippen LogP contribution in [-0.2, 0) is 19.1 Å². The molecule has 5 nitrogen and oxygen atoms in total. The largest absolute Gasteiger partial charge is 0.385 e. The number of amides is 1.